The highest BCUT2D eigenvalue weighted by Gasteiger charge is 2.24. The van der Waals surface area contributed by atoms with Crippen molar-refractivity contribution in [1.29, 1.82) is 0 Å². The lowest BCUT2D eigenvalue weighted by Gasteiger charge is -2.07. The summed E-state index contributed by atoms with van der Waals surface area (Å²) in [5, 5.41) is 2.61. The largest absolute Gasteiger partial charge is 0.447 e. The molecule has 1 heterocycles. The van der Waals surface area contributed by atoms with Crippen molar-refractivity contribution in [1.82, 2.24) is 5.32 Å². The molecule has 0 spiro atoms. The summed E-state index contributed by atoms with van der Waals surface area (Å²) in [6, 6.07) is 4.12. The van der Waals surface area contributed by atoms with Gasteiger partial charge in [-0.2, -0.15) is 0 Å². The van der Waals surface area contributed by atoms with Crippen LogP contribution in [-0.4, -0.2) is 12.7 Å². The van der Waals surface area contributed by atoms with Gasteiger partial charge >= 0.3 is 6.09 Å². The monoisotopic (exact) mass is 215 g/mol. The molecule has 1 aliphatic heterocycles. The van der Waals surface area contributed by atoms with Gasteiger partial charge in [-0.25, -0.2) is 9.18 Å². The van der Waals surface area contributed by atoms with Gasteiger partial charge in [-0.15, -0.1) is 0 Å². The SMILES string of the molecule is O=C1N[C@@H](c2ccc(Cl)c(F)c2)CO1. The minimum absolute atomic E-state index is 0.0685. The number of halogens is 2. The number of rotatable bonds is 1. The molecule has 2 rings (SSSR count). The Morgan fingerprint density at radius 3 is 2.93 bits per heavy atom. The number of hydrogen-bond donors (Lipinski definition) is 1. The molecule has 0 unspecified atom stereocenters. The van der Waals surface area contributed by atoms with Crippen LogP contribution in [0.4, 0.5) is 9.18 Å². The van der Waals surface area contributed by atoms with E-state index in [4.69, 9.17) is 11.6 Å². The molecule has 74 valence electrons. The van der Waals surface area contributed by atoms with E-state index in [1.165, 1.54) is 12.1 Å². The summed E-state index contributed by atoms with van der Waals surface area (Å²) in [6.45, 7) is 0.222. The van der Waals surface area contributed by atoms with Gasteiger partial charge in [-0.3, -0.25) is 0 Å². The smallest absolute Gasteiger partial charge is 0.407 e. The van der Waals surface area contributed by atoms with E-state index in [2.05, 4.69) is 10.1 Å². The van der Waals surface area contributed by atoms with E-state index in [9.17, 15) is 9.18 Å². The molecule has 5 heteroatoms. The number of carbonyl (C=O) groups excluding carboxylic acids is 1. The number of cyclic esters (lactones) is 1. The van der Waals surface area contributed by atoms with Gasteiger partial charge < -0.3 is 10.1 Å². The van der Waals surface area contributed by atoms with Gasteiger partial charge in [0.25, 0.3) is 0 Å². The first-order chi connectivity index (χ1) is 6.66. The van der Waals surface area contributed by atoms with Crippen LogP contribution >= 0.6 is 11.6 Å². The molecule has 0 aromatic heterocycles. The fourth-order valence-electron chi connectivity index (χ4n) is 1.29. The Hall–Kier alpha value is -1.29. The Balaban J connectivity index is 2.24. The van der Waals surface area contributed by atoms with E-state index in [0.29, 0.717) is 5.56 Å². The Morgan fingerprint density at radius 2 is 2.36 bits per heavy atom. The normalized spacial score (nSPS) is 20.4. The predicted octanol–water partition coefficient (Wildman–Crippen LogP) is 2.26. The molecule has 1 atom stereocenters. The van der Waals surface area contributed by atoms with E-state index < -0.39 is 11.9 Å². The van der Waals surface area contributed by atoms with Gasteiger partial charge in [-0.1, -0.05) is 17.7 Å². The van der Waals surface area contributed by atoms with Crippen LogP contribution in [-0.2, 0) is 4.74 Å². The highest BCUT2D eigenvalue weighted by Crippen LogP contribution is 2.22. The summed E-state index contributed by atoms with van der Waals surface area (Å²) in [4.78, 5) is 10.7. The van der Waals surface area contributed by atoms with Crippen molar-refractivity contribution in [3.05, 3.63) is 34.6 Å². The van der Waals surface area contributed by atoms with Crippen LogP contribution in [0.3, 0.4) is 0 Å². The molecule has 1 aliphatic rings. The zero-order chi connectivity index (χ0) is 10.1. The highest BCUT2D eigenvalue weighted by molar-refractivity contribution is 6.30. The molecule has 1 aromatic rings. The van der Waals surface area contributed by atoms with Crippen LogP contribution < -0.4 is 5.32 Å². The lowest BCUT2D eigenvalue weighted by Crippen LogP contribution is -2.18. The first kappa shape index (κ1) is 9.27. The third kappa shape index (κ3) is 1.65. The average molecular weight is 216 g/mol. The molecule has 0 saturated carbocycles. The molecule has 1 fully saturated rings. The molecule has 0 aliphatic carbocycles. The summed E-state index contributed by atoms with van der Waals surface area (Å²) in [6.07, 6.45) is -0.481. The molecule has 14 heavy (non-hydrogen) atoms. The van der Waals surface area contributed by atoms with Gasteiger partial charge in [0.15, 0.2) is 0 Å². The Bertz CT molecular complexity index is 383. The van der Waals surface area contributed by atoms with Gasteiger partial charge in [0, 0.05) is 0 Å². The average Bonchev–Trinajstić information content (AvgIpc) is 2.57. The first-order valence-corrected chi connectivity index (χ1v) is 4.43. The van der Waals surface area contributed by atoms with Crippen LogP contribution in [0.2, 0.25) is 5.02 Å². The van der Waals surface area contributed by atoms with E-state index >= 15 is 0 Å². The Morgan fingerprint density at radius 1 is 1.57 bits per heavy atom. The second-order valence-electron chi connectivity index (χ2n) is 2.97. The van der Waals surface area contributed by atoms with E-state index in [1.807, 2.05) is 0 Å². The standard InChI is InChI=1S/C9H7ClFNO2/c10-6-2-1-5(3-7(6)11)8-4-14-9(13)12-8/h1-3,8H,4H2,(H,12,13)/t8-/m1/s1. The molecular formula is C9H7ClFNO2. The first-order valence-electron chi connectivity index (χ1n) is 4.05. The summed E-state index contributed by atoms with van der Waals surface area (Å²) in [7, 11) is 0. The van der Waals surface area contributed by atoms with Crippen LogP contribution in [0.15, 0.2) is 18.2 Å². The van der Waals surface area contributed by atoms with Gasteiger partial charge in [0.05, 0.1) is 11.1 Å². The molecular weight excluding hydrogens is 209 g/mol. The van der Waals surface area contributed by atoms with E-state index in [-0.39, 0.29) is 17.7 Å². The maximum absolute atomic E-state index is 13.0. The highest BCUT2D eigenvalue weighted by atomic mass is 35.5. The number of benzene rings is 1. The third-order valence-electron chi connectivity index (χ3n) is 2.02. The number of ether oxygens (including phenoxy) is 1. The number of carbonyl (C=O) groups is 1. The van der Waals surface area contributed by atoms with Crippen LogP contribution in [0.5, 0.6) is 0 Å². The maximum Gasteiger partial charge on any atom is 0.407 e. The van der Waals surface area contributed by atoms with Crippen molar-refractivity contribution in [3.63, 3.8) is 0 Å². The second kappa shape index (κ2) is 3.46. The zero-order valence-electron chi connectivity index (χ0n) is 7.09. The van der Waals surface area contributed by atoms with Gasteiger partial charge in [-0.05, 0) is 17.7 Å². The second-order valence-corrected chi connectivity index (χ2v) is 3.38. The van der Waals surface area contributed by atoms with Crippen LogP contribution in [0, 0.1) is 5.82 Å². The zero-order valence-corrected chi connectivity index (χ0v) is 7.84. The van der Waals surface area contributed by atoms with Crippen molar-refractivity contribution in [3.8, 4) is 0 Å². The molecule has 0 radical (unpaired) electrons. The summed E-state index contributed by atoms with van der Waals surface area (Å²) in [5.74, 6) is -0.495. The molecule has 3 nitrogen and oxygen atoms in total. The minimum Gasteiger partial charge on any atom is -0.447 e. The lowest BCUT2D eigenvalue weighted by atomic mass is 10.1. The van der Waals surface area contributed by atoms with Crippen LogP contribution in [0.25, 0.3) is 0 Å². The van der Waals surface area contributed by atoms with Crippen molar-refractivity contribution in [2.24, 2.45) is 0 Å². The van der Waals surface area contributed by atoms with Crippen LogP contribution in [0.1, 0.15) is 11.6 Å². The third-order valence-corrected chi connectivity index (χ3v) is 2.33. The van der Waals surface area contributed by atoms with Gasteiger partial charge in [0.2, 0.25) is 0 Å². The van der Waals surface area contributed by atoms with Gasteiger partial charge in [0.1, 0.15) is 12.4 Å². The molecule has 1 amide bonds. The Kier molecular flexibility index (Phi) is 2.29. The summed E-state index contributed by atoms with van der Waals surface area (Å²) in [5.41, 5.74) is 0.651. The van der Waals surface area contributed by atoms with E-state index in [0.717, 1.165) is 0 Å². The number of alkyl carbamates (subject to hydrolysis) is 1. The quantitative estimate of drug-likeness (QED) is 0.781. The molecule has 1 saturated heterocycles. The Labute approximate surface area is 84.8 Å². The lowest BCUT2D eigenvalue weighted by molar-refractivity contribution is 0.177. The number of nitrogens with one attached hydrogen (secondary N) is 1. The fraction of sp³-hybridized carbons (Fsp3) is 0.222. The molecule has 1 N–H and O–H groups in total. The van der Waals surface area contributed by atoms with Crippen molar-refractivity contribution in [2.45, 2.75) is 6.04 Å². The number of amides is 1. The summed E-state index contributed by atoms with van der Waals surface area (Å²) < 4.78 is 17.7. The maximum atomic E-state index is 13.0. The summed E-state index contributed by atoms with van der Waals surface area (Å²) >= 11 is 5.52. The van der Waals surface area contributed by atoms with Crippen molar-refractivity contribution in [2.75, 3.05) is 6.61 Å². The molecule has 1 aromatic carbocycles. The van der Waals surface area contributed by atoms with Crippen molar-refractivity contribution < 1.29 is 13.9 Å². The fourth-order valence-corrected chi connectivity index (χ4v) is 1.41. The van der Waals surface area contributed by atoms with Crippen molar-refractivity contribution >= 4 is 17.7 Å². The number of hydrogen-bond acceptors (Lipinski definition) is 2. The predicted molar refractivity (Wildman–Crippen MR) is 48.6 cm³/mol. The minimum atomic E-state index is -0.495. The van der Waals surface area contributed by atoms with E-state index in [1.54, 1.807) is 6.07 Å². The topological polar surface area (TPSA) is 38.3 Å². The molecule has 0 bridgehead atoms.